The number of hydrogen-bond donors (Lipinski definition) is 0. The van der Waals surface area contributed by atoms with Gasteiger partial charge in [0.05, 0.1) is 14.2 Å². The summed E-state index contributed by atoms with van der Waals surface area (Å²) in [7, 11) is -1.97. The molecule has 2 heterocycles. The predicted molar refractivity (Wildman–Crippen MR) is 54.3 cm³/mol. The van der Waals surface area contributed by atoms with Gasteiger partial charge in [0.2, 0.25) is 0 Å². The average Bonchev–Trinajstić information content (AvgIpc) is 2.06. The fourth-order valence-corrected chi connectivity index (χ4v) is 2.55. The minimum Gasteiger partial charge on any atom is -0.249 e. The first kappa shape index (κ1) is 9.08. The summed E-state index contributed by atoms with van der Waals surface area (Å²) in [4.78, 5) is 7.88. The molecule has 2 rings (SSSR count). The van der Waals surface area contributed by atoms with Gasteiger partial charge in [-0.05, 0) is 22.4 Å². The molecule has 70 valence electrons. The molecule has 0 atom stereocenters. The van der Waals surface area contributed by atoms with E-state index in [1.807, 2.05) is 0 Å². The lowest BCUT2D eigenvalue weighted by molar-refractivity contribution is 0.663. The molecule has 0 unspecified atom stereocenters. The van der Waals surface area contributed by atoms with Crippen molar-refractivity contribution >= 4 is 31.6 Å². The second-order valence-electron chi connectivity index (χ2n) is 2.83. The number of aromatic nitrogens is 2. The number of rotatable bonds is 1. The molecule has 0 aliphatic carbocycles. The summed E-state index contributed by atoms with van der Waals surface area (Å²) in [5, 5.41) is 0. The maximum Gasteiger partial charge on any atom is 0.257 e. The molecule has 1 aromatic rings. The lowest BCUT2D eigenvalue weighted by Crippen LogP contribution is -2.23. The number of nitrogens with zero attached hydrogens (tertiary/aromatic N) is 3. The van der Waals surface area contributed by atoms with Crippen molar-refractivity contribution in [3.63, 3.8) is 0 Å². The van der Waals surface area contributed by atoms with Gasteiger partial charge in [0.25, 0.3) is 5.95 Å². The van der Waals surface area contributed by atoms with E-state index in [-0.39, 0.29) is 0 Å². The molecule has 0 radical (unpaired) electrons. The van der Waals surface area contributed by atoms with Crippen molar-refractivity contribution in [3.8, 4) is 0 Å². The van der Waals surface area contributed by atoms with Gasteiger partial charge in [-0.1, -0.05) is 0 Å². The summed E-state index contributed by atoms with van der Waals surface area (Å²) in [6, 6.07) is 0. The van der Waals surface area contributed by atoms with E-state index in [0.29, 0.717) is 17.5 Å². The zero-order chi connectivity index (χ0) is 9.31. The van der Waals surface area contributed by atoms with Crippen molar-refractivity contribution in [2.45, 2.75) is 6.42 Å². The first-order valence-electron chi connectivity index (χ1n) is 3.88. The van der Waals surface area contributed by atoms with E-state index in [0.717, 1.165) is 10.9 Å². The van der Waals surface area contributed by atoms with Gasteiger partial charge in [-0.3, -0.25) is 0 Å². The Morgan fingerprint density at radius 2 is 2.00 bits per heavy atom. The minimum absolute atomic E-state index is 0.327. The van der Waals surface area contributed by atoms with E-state index in [1.54, 1.807) is 12.4 Å². The molecule has 1 aliphatic rings. The zero-order valence-corrected chi connectivity index (χ0v) is 9.21. The normalized spacial score (nSPS) is 19.2. The highest BCUT2D eigenvalue weighted by Gasteiger charge is 2.19. The molecular weight excluding hydrogens is 254 g/mol. The van der Waals surface area contributed by atoms with Gasteiger partial charge < -0.3 is 0 Å². The standard InChI is InChI=1S/C7H8BrN3OS/c8-6-4-9-7(10-5-6)11-13(12)2-1-3-13/h4-5H,1-3H2. The second kappa shape index (κ2) is 3.34. The predicted octanol–water partition coefficient (Wildman–Crippen LogP) is 1.74. The van der Waals surface area contributed by atoms with Gasteiger partial charge in [-0.15, -0.1) is 0 Å². The fourth-order valence-electron chi connectivity index (χ4n) is 0.984. The van der Waals surface area contributed by atoms with Crippen LogP contribution < -0.4 is 0 Å². The van der Waals surface area contributed by atoms with Crippen molar-refractivity contribution < 1.29 is 4.21 Å². The second-order valence-corrected chi connectivity index (χ2v) is 6.29. The molecular formula is C7H8BrN3OS. The Morgan fingerprint density at radius 3 is 2.46 bits per heavy atom. The molecule has 0 bridgehead atoms. The van der Waals surface area contributed by atoms with Gasteiger partial charge in [0.1, 0.15) is 0 Å². The third-order valence-electron chi connectivity index (χ3n) is 1.78. The maximum atomic E-state index is 11.6. The Balaban J connectivity index is 2.32. The van der Waals surface area contributed by atoms with Crippen molar-refractivity contribution in [1.82, 2.24) is 9.97 Å². The molecule has 0 N–H and O–H groups in total. The van der Waals surface area contributed by atoms with Crippen molar-refractivity contribution in [3.05, 3.63) is 16.9 Å². The molecule has 1 fully saturated rings. The molecule has 1 aliphatic heterocycles. The van der Waals surface area contributed by atoms with Gasteiger partial charge in [-0.2, -0.15) is 4.36 Å². The Morgan fingerprint density at radius 1 is 1.38 bits per heavy atom. The largest absolute Gasteiger partial charge is 0.257 e. The van der Waals surface area contributed by atoms with Crippen LogP contribution in [0.3, 0.4) is 0 Å². The molecule has 6 heteroatoms. The van der Waals surface area contributed by atoms with Gasteiger partial charge in [-0.25, -0.2) is 14.2 Å². The molecule has 0 amide bonds. The molecule has 0 aromatic carbocycles. The zero-order valence-electron chi connectivity index (χ0n) is 6.81. The van der Waals surface area contributed by atoms with Crippen LogP contribution in [0.4, 0.5) is 5.95 Å². The molecule has 4 nitrogen and oxygen atoms in total. The Hall–Kier alpha value is -0.490. The third kappa shape index (κ3) is 2.05. The smallest absolute Gasteiger partial charge is 0.249 e. The van der Waals surface area contributed by atoms with Crippen LogP contribution >= 0.6 is 15.9 Å². The summed E-state index contributed by atoms with van der Waals surface area (Å²) in [5.41, 5.74) is 0. The third-order valence-corrected chi connectivity index (χ3v) is 4.54. The SMILES string of the molecule is O=S1(=Nc2ncc(Br)cn2)CCC1. The lowest BCUT2D eigenvalue weighted by Gasteiger charge is -2.16. The highest BCUT2D eigenvalue weighted by atomic mass is 79.9. The highest BCUT2D eigenvalue weighted by molar-refractivity contribution is 9.10. The van der Waals surface area contributed by atoms with E-state index in [9.17, 15) is 4.21 Å². The van der Waals surface area contributed by atoms with Crippen LogP contribution in [0.2, 0.25) is 0 Å². The average molecular weight is 262 g/mol. The van der Waals surface area contributed by atoms with E-state index in [4.69, 9.17) is 0 Å². The Bertz CT molecular complexity index is 412. The molecule has 0 spiro atoms. The maximum absolute atomic E-state index is 11.6. The van der Waals surface area contributed by atoms with Gasteiger partial charge in [0.15, 0.2) is 0 Å². The molecule has 1 aromatic heterocycles. The van der Waals surface area contributed by atoms with Crippen molar-refractivity contribution in [2.75, 3.05) is 11.5 Å². The summed E-state index contributed by atoms with van der Waals surface area (Å²) >= 11 is 3.22. The lowest BCUT2D eigenvalue weighted by atomic mass is 10.5. The van der Waals surface area contributed by atoms with Crippen LogP contribution in [0.15, 0.2) is 21.2 Å². The van der Waals surface area contributed by atoms with Crippen molar-refractivity contribution in [1.29, 1.82) is 0 Å². The van der Waals surface area contributed by atoms with Crippen LogP contribution in [-0.2, 0) is 9.73 Å². The van der Waals surface area contributed by atoms with Crippen LogP contribution in [0.25, 0.3) is 0 Å². The van der Waals surface area contributed by atoms with Gasteiger partial charge in [0, 0.05) is 23.9 Å². The summed E-state index contributed by atoms with van der Waals surface area (Å²) in [5.74, 6) is 1.70. The monoisotopic (exact) mass is 261 g/mol. The summed E-state index contributed by atoms with van der Waals surface area (Å²) in [6.45, 7) is 0. The van der Waals surface area contributed by atoms with Crippen molar-refractivity contribution in [2.24, 2.45) is 4.36 Å². The molecule has 1 saturated heterocycles. The van der Waals surface area contributed by atoms with E-state index >= 15 is 0 Å². The topological polar surface area (TPSA) is 55.2 Å². The minimum atomic E-state index is -1.97. The highest BCUT2D eigenvalue weighted by Crippen LogP contribution is 2.18. The Labute approximate surface area is 85.1 Å². The Kier molecular flexibility index (Phi) is 2.33. The first-order valence-corrected chi connectivity index (χ1v) is 6.53. The van der Waals surface area contributed by atoms with Crippen LogP contribution in [-0.4, -0.2) is 25.7 Å². The van der Waals surface area contributed by atoms with Crippen LogP contribution in [0.1, 0.15) is 6.42 Å². The molecule has 0 saturated carbocycles. The number of halogens is 1. The molecule has 13 heavy (non-hydrogen) atoms. The van der Waals surface area contributed by atoms with Crippen LogP contribution in [0.5, 0.6) is 0 Å². The summed E-state index contributed by atoms with van der Waals surface area (Å²) in [6.07, 6.45) is 4.21. The first-order chi connectivity index (χ1) is 6.18. The van der Waals surface area contributed by atoms with Gasteiger partial charge >= 0.3 is 0 Å². The van der Waals surface area contributed by atoms with E-state index < -0.39 is 9.73 Å². The quantitative estimate of drug-likeness (QED) is 0.774. The number of hydrogen-bond acceptors (Lipinski definition) is 4. The summed E-state index contributed by atoms with van der Waals surface area (Å²) < 4.78 is 16.5. The van der Waals surface area contributed by atoms with Crippen LogP contribution in [0, 0.1) is 0 Å². The van der Waals surface area contributed by atoms with E-state index in [2.05, 4.69) is 30.3 Å². The van der Waals surface area contributed by atoms with E-state index in [1.165, 1.54) is 0 Å². The fraction of sp³-hybridized carbons (Fsp3) is 0.429.